The van der Waals surface area contributed by atoms with Crippen LogP contribution in [0.3, 0.4) is 0 Å². The van der Waals surface area contributed by atoms with E-state index in [1.807, 2.05) is 35.8 Å². The molecule has 1 N–H and O–H groups in total. The van der Waals surface area contributed by atoms with Crippen LogP contribution in [0.4, 0.5) is 5.88 Å². The molecule has 0 aliphatic rings. The molecule has 2 heterocycles. The number of nitrogens with one attached hydrogen (secondary N) is 1. The van der Waals surface area contributed by atoms with E-state index in [9.17, 15) is 4.79 Å². The summed E-state index contributed by atoms with van der Waals surface area (Å²) in [4.78, 5) is 12.3. The van der Waals surface area contributed by atoms with E-state index >= 15 is 0 Å². The van der Waals surface area contributed by atoms with E-state index in [2.05, 4.69) is 20.7 Å². The smallest absolute Gasteiger partial charge is 0.240 e. The second kappa shape index (κ2) is 6.88. The molecule has 0 fully saturated rings. The molecule has 7 nitrogen and oxygen atoms in total. The highest BCUT2D eigenvalue weighted by molar-refractivity contribution is 8.00. The van der Waals surface area contributed by atoms with E-state index in [0.717, 1.165) is 11.3 Å². The van der Waals surface area contributed by atoms with Crippen molar-refractivity contribution in [2.45, 2.75) is 31.2 Å². The van der Waals surface area contributed by atoms with Crippen LogP contribution in [0, 0.1) is 13.8 Å². The van der Waals surface area contributed by atoms with Gasteiger partial charge in [0.1, 0.15) is 6.33 Å². The lowest BCUT2D eigenvalue weighted by Gasteiger charge is -2.12. The molecule has 2 aromatic heterocycles. The van der Waals surface area contributed by atoms with Gasteiger partial charge in [-0.2, -0.15) is 0 Å². The molecule has 3 aromatic rings. The fourth-order valence-electron chi connectivity index (χ4n) is 2.16. The number of hydrogen-bond donors (Lipinski definition) is 1. The first kappa shape index (κ1) is 16.3. The van der Waals surface area contributed by atoms with Gasteiger partial charge in [-0.15, -0.1) is 10.2 Å². The van der Waals surface area contributed by atoms with Gasteiger partial charge in [0.25, 0.3) is 0 Å². The van der Waals surface area contributed by atoms with E-state index in [-0.39, 0.29) is 11.2 Å². The number of nitrogens with zero attached hydrogens (tertiary/aromatic N) is 4. The molecule has 1 aromatic carbocycles. The molecule has 0 saturated carbocycles. The second-order valence-electron chi connectivity index (χ2n) is 5.35. The Kier molecular flexibility index (Phi) is 4.66. The number of aromatic nitrogens is 4. The summed E-state index contributed by atoms with van der Waals surface area (Å²) in [6.45, 7) is 5.62. The van der Waals surface area contributed by atoms with Crippen molar-refractivity contribution in [3.63, 3.8) is 0 Å². The maximum atomic E-state index is 12.3. The molecule has 0 radical (unpaired) electrons. The number of hydrogen-bond acceptors (Lipinski definition) is 6. The number of benzene rings is 1. The van der Waals surface area contributed by atoms with Crippen LogP contribution in [0.2, 0.25) is 0 Å². The number of aryl methyl sites for hydroxylation is 2. The Labute approximate surface area is 143 Å². The van der Waals surface area contributed by atoms with E-state index in [1.165, 1.54) is 11.8 Å². The molecule has 8 heteroatoms. The lowest BCUT2D eigenvalue weighted by molar-refractivity contribution is -0.115. The van der Waals surface area contributed by atoms with Crippen molar-refractivity contribution in [1.82, 2.24) is 19.9 Å². The highest BCUT2D eigenvalue weighted by Crippen LogP contribution is 2.26. The molecule has 1 atom stereocenters. The Balaban J connectivity index is 1.73. The van der Waals surface area contributed by atoms with Crippen molar-refractivity contribution in [3.8, 4) is 5.69 Å². The summed E-state index contributed by atoms with van der Waals surface area (Å²) in [5.41, 5.74) is 2.81. The van der Waals surface area contributed by atoms with Crippen LogP contribution >= 0.6 is 11.8 Å². The minimum atomic E-state index is -0.373. The molecular formula is C16H17N5O2S. The molecule has 1 amide bonds. The minimum absolute atomic E-state index is 0.185. The fourth-order valence-corrected chi connectivity index (χ4v) is 3.00. The van der Waals surface area contributed by atoms with Gasteiger partial charge < -0.3 is 4.52 Å². The van der Waals surface area contributed by atoms with Crippen molar-refractivity contribution in [1.29, 1.82) is 0 Å². The summed E-state index contributed by atoms with van der Waals surface area (Å²) in [6.07, 6.45) is 1.65. The topological polar surface area (TPSA) is 85.8 Å². The summed E-state index contributed by atoms with van der Waals surface area (Å²) in [6, 6.07) is 9.62. The van der Waals surface area contributed by atoms with Crippen LogP contribution in [-0.4, -0.2) is 31.1 Å². The van der Waals surface area contributed by atoms with Gasteiger partial charge in [0.05, 0.1) is 16.6 Å². The first-order valence-electron chi connectivity index (χ1n) is 7.41. The monoisotopic (exact) mass is 343 g/mol. The highest BCUT2D eigenvalue weighted by Gasteiger charge is 2.20. The van der Waals surface area contributed by atoms with Gasteiger partial charge in [-0.1, -0.05) is 35.1 Å². The number of anilines is 1. The second-order valence-corrected chi connectivity index (χ2v) is 6.66. The predicted octanol–water partition coefficient (Wildman–Crippen LogP) is 2.99. The third kappa shape index (κ3) is 3.48. The molecule has 0 unspecified atom stereocenters. The van der Waals surface area contributed by atoms with Gasteiger partial charge in [-0.05, 0) is 32.4 Å². The zero-order chi connectivity index (χ0) is 17.1. The van der Waals surface area contributed by atoms with Crippen molar-refractivity contribution in [2.24, 2.45) is 0 Å². The number of carbonyl (C=O) groups is 1. The van der Waals surface area contributed by atoms with Crippen LogP contribution in [0.5, 0.6) is 0 Å². The molecule has 3 rings (SSSR count). The SMILES string of the molecule is Cc1cc(NC(=O)[C@H](C)Sc2nncn2-c2ccccc2C)on1. The van der Waals surface area contributed by atoms with Gasteiger partial charge in [-0.25, -0.2) is 0 Å². The first-order chi connectivity index (χ1) is 11.5. The quantitative estimate of drug-likeness (QED) is 0.717. The van der Waals surface area contributed by atoms with Crippen LogP contribution in [0.25, 0.3) is 5.69 Å². The van der Waals surface area contributed by atoms with Crippen molar-refractivity contribution < 1.29 is 9.32 Å². The average Bonchev–Trinajstić information content (AvgIpc) is 3.17. The molecule has 0 aliphatic carbocycles. The molecule has 0 bridgehead atoms. The number of para-hydroxylation sites is 1. The van der Waals surface area contributed by atoms with Crippen LogP contribution in [0.1, 0.15) is 18.2 Å². The summed E-state index contributed by atoms with van der Waals surface area (Å²) >= 11 is 1.33. The molecular weight excluding hydrogens is 326 g/mol. The lowest BCUT2D eigenvalue weighted by atomic mass is 10.2. The summed E-state index contributed by atoms with van der Waals surface area (Å²) in [5.74, 6) is 0.154. The van der Waals surface area contributed by atoms with Crippen molar-refractivity contribution >= 4 is 23.6 Å². The maximum absolute atomic E-state index is 12.3. The summed E-state index contributed by atoms with van der Waals surface area (Å²) < 4.78 is 6.88. The third-order valence-electron chi connectivity index (χ3n) is 3.42. The standard InChI is InChI=1S/C16H17N5O2S/c1-10-6-4-5-7-13(10)21-9-17-19-16(21)24-12(3)15(22)18-14-8-11(2)20-23-14/h4-9,12H,1-3H3,(H,18,22)/t12-/m0/s1. The van der Waals surface area contributed by atoms with Crippen LogP contribution in [0.15, 0.2) is 46.3 Å². The van der Waals surface area contributed by atoms with E-state index in [1.54, 1.807) is 26.2 Å². The molecule has 0 saturated heterocycles. The minimum Gasteiger partial charge on any atom is -0.338 e. The average molecular weight is 343 g/mol. The lowest BCUT2D eigenvalue weighted by Crippen LogP contribution is -2.22. The zero-order valence-electron chi connectivity index (χ0n) is 13.6. The largest absolute Gasteiger partial charge is 0.338 e. The maximum Gasteiger partial charge on any atom is 0.240 e. The highest BCUT2D eigenvalue weighted by atomic mass is 32.2. The molecule has 124 valence electrons. The predicted molar refractivity (Wildman–Crippen MR) is 91.3 cm³/mol. The van der Waals surface area contributed by atoms with Gasteiger partial charge in [0.2, 0.25) is 11.8 Å². The van der Waals surface area contributed by atoms with E-state index in [4.69, 9.17) is 4.52 Å². The Bertz CT molecular complexity index is 858. The molecule has 24 heavy (non-hydrogen) atoms. The van der Waals surface area contributed by atoms with E-state index < -0.39 is 0 Å². The number of thioether (sulfide) groups is 1. The van der Waals surface area contributed by atoms with Gasteiger partial charge >= 0.3 is 0 Å². The Morgan fingerprint density at radius 2 is 2.12 bits per heavy atom. The third-order valence-corrected chi connectivity index (χ3v) is 4.47. The summed E-state index contributed by atoms with van der Waals surface area (Å²) in [7, 11) is 0. The van der Waals surface area contributed by atoms with E-state index in [0.29, 0.717) is 16.7 Å². The normalized spacial score (nSPS) is 12.1. The number of rotatable bonds is 5. The summed E-state index contributed by atoms with van der Waals surface area (Å²) in [5, 5.41) is 14.8. The van der Waals surface area contributed by atoms with Crippen LogP contribution in [-0.2, 0) is 4.79 Å². The molecule has 0 spiro atoms. The zero-order valence-corrected chi connectivity index (χ0v) is 14.4. The van der Waals surface area contributed by atoms with Gasteiger partial charge in [-0.3, -0.25) is 14.7 Å². The van der Waals surface area contributed by atoms with Crippen LogP contribution < -0.4 is 5.32 Å². The fraction of sp³-hybridized carbons (Fsp3) is 0.250. The number of carbonyl (C=O) groups excluding carboxylic acids is 1. The Morgan fingerprint density at radius 3 is 2.83 bits per heavy atom. The Hall–Kier alpha value is -2.61. The number of amides is 1. The van der Waals surface area contributed by atoms with Gasteiger partial charge in [0.15, 0.2) is 5.16 Å². The molecule has 0 aliphatic heterocycles. The van der Waals surface area contributed by atoms with Gasteiger partial charge in [0, 0.05) is 6.07 Å². The van der Waals surface area contributed by atoms with Crippen molar-refractivity contribution in [3.05, 3.63) is 47.9 Å². The Morgan fingerprint density at radius 1 is 1.33 bits per heavy atom. The first-order valence-corrected chi connectivity index (χ1v) is 8.29. The van der Waals surface area contributed by atoms with Crippen molar-refractivity contribution in [2.75, 3.05) is 5.32 Å².